The lowest BCUT2D eigenvalue weighted by Gasteiger charge is -2.22. The fourth-order valence-electron chi connectivity index (χ4n) is 2.89. The van der Waals surface area contributed by atoms with Crippen LogP contribution in [0.2, 0.25) is 0 Å². The Balaban J connectivity index is 2.07. The van der Waals surface area contributed by atoms with Gasteiger partial charge >= 0.3 is 5.97 Å². The zero-order valence-electron chi connectivity index (χ0n) is 15.1. The van der Waals surface area contributed by atoms with Gasteiger partial charge in [0.1, 0.15) is 12.4 Å². The number of sulfonamides is 1. The molecule has 1 aromatic heterocycles. The third-order valence-corrected chi connectivity index (χ3v) is 5.31. The first kappa shape index (κ1) is 19.6. The molecule has 9 heteroatoms. The van der Waals surface area contributed by atoms with Crippen molar-refractivity contribution in [3.05, 3.63) is 66.1 Å². The van der Waals surface area contributed by atoms with Crippen LogP contribution in [-0.2, 0) is 14.8 Å². The van der Waals surface area contributed by atoms with Gasteiger partial charge in [-0.1, -0.05) is 30.3 Å². The minimum Gasteiger partial charge on any atom is -0.465 e. The first-order chi connectivity index (χ1) is 13.2. The van der Waals surface area contributed by atoms with Gasteiger partial charge in [0.05, 0.1) is 30.1 Å². The highest BCUT2D eigenvalue weighted by Crippen LogP contribution is 2.24. The lowest BCUT2D eigenvalue weighted by atomic mass is 10.2. The van der Waals surface area contributed by atoms with Crippen LogP contribution in [0.4, 0.5) is 10.1 Å². The van der Waals surface area contributed by atoms with E-state index < -0.39 is 34.3 Å². The molecule has 0 aliphatic heterocycles. The topological polar surface area (TPSA) is 85.7 Å². The number of halogens is 1. The highest BCUT2D eigenvalue weighted by atomic mass is 32.2. The number of nitrogens with zero attached hydrogens (tertiary/aromatic N) is 2. The second kappa shape index (κ2) is 7.43. The number of benzene rings is 2. The SMILES string of the molecule is COC(=O)c1cn(C(=O)CN(c2ccccc2F)S(C)(=O)=O)c2ccccc12. The van der Waals surface area contributed by atoms with Crippen molar-refractivity contribution in [2.24, 2.45) is 0 Å². The summed E-state index contributed by atoms with van der Waals surface area (Å²) in [5, 5.41) is 0.486. The number of carbonyl (C=O) groups is 2. The number of fused-ring (bicyclic) bond motifs is 1. The average Bonchev–Trinajstić information content (AvgIpc) is 3.05. The molecule has 0 saturated heterocycles. The van der Waals surface area contributed by atoms with E-state index in [0.717, 1.165) is 12.3 Å². The number of rotatable bonds is 5. The number of para-hydroxylation sites is 2. The predicted molar refractivity (Wildman–Crippen MR) is 102 cm³/mol. The molecule has 0 atom stereocenters. The van der Waals surface area contributed by atoms with Crippen LogP contribution in [0.25, 0.3) is 10.9 Å². The smallest absolute Gasteiger partial charge is 0.340 e. The number of aromatic nitrogens is 1. The van der Waals surface area contributed by atoms with E-state index in [1.54, 1.807) is 24.3 Å². The molecule has 0 radical (unpaired) electrons. The number of ether oxygens (including phenoxy) is 1. The van der Waals surface area contributed by atoms with Gasteiger partial charge in [-0.05, 0) is 18.2 Å². The second-order valence-corrected chi connectivity index (χ2v) is 7.94. The number of hydrogen-bond donors (Lipinski definition) is 0. The van der Waals surface area contributed by atoms with Crippen molar-refractivity contribution in [2.75, 3.05) is 24.2 Å². The minimum absolute atomic E-state index is 0.170. The summed E-state index contributed by atoms with van der Waals surface area (Å²) in [6.45, 7) is -0.640. The van der Waals surface area contributed by atoms with Crippen LogP contribution in [0.1, 0.15) is 15.2 Å². The second-order valence-electron chi connectivity index (χ2n) is 6.04. The molecule has 0 bridgehead atoms. The quantitative estimate of drug-likeness (QED) is 0.611. The van der Waals surface area contributed by atoms with Crippen LogP contribution in [0.3, 0.4) is 0 Å². The fourth-order valence-corrected chi connectivity index (χ4v) is 3.74. The Morgan fingerprint density at radius 1 is 1.11 bits per heavy atom. The summed E-state index contributed by atoms with van der Waals surface area (Å²) in [6, 6.07) is 11.9. The van der Waals surface area contributed by atoms with E-state index in [1.807, 2.05) is 0 Å². The van der Waals surface area contributed by atoms with Crippen LogP contribution >= 0.6 is 0 Å². The third kappa shape index (κ3) is 3.61. The van der Waals surface area contributed by atoms with Crippen LogP contribution in [0, 0.1) is 5.82 Å². The van der Waals surface area contributed by atoms with Crippen molar-refractivity contribution < 1.29 is 27.1 Å². The highest BCUT2D eigenvalue weighted by molar-refractivity contribution is 7.92. The van der Waals surface area contributed by atoms with E-state index in [2.05, 4.69) is 0 Å². The Bertz CT molecular complexity index is 1170. The molecule has 0 aliphatic carbocycles. The van der Waals surface area contributed by atoms with Gasteiger partial charge in [0.15, 0.2) is 0 Å². The van der Waals surface area contributed by atoms with Gasteiger partial charge in [0, 0.05) is 11.6 Å². The molecule has 1 heterocycles. The summed E-state index contributed by atoms with van der Waals surface area (Å²) in [5.74, 6) is -2.05. The van der Waals surface area contributed by atoms with E-state index in [0.29, 0.717) is 15.2 Å². The molecule has 3 rings (SSSR count). The number of anilines is 1. The number of hydrogen-bond acceptors (Lipinski definition) is 5. The van der Waals surface area contributed by atoms with Crippen LogP contribution < -0.4 is 4.31 Å². The van der Waals surface area contributed by atoms with Crippen LogP contribution in [0.5, 0.6) is 0 Å². The van der Waals surface area contributed by atoms with Crippen LogP contribution in [0.15, 0.2) is 54.7 Å². The molecule has 0 saturated carbocycles. The molecule has 146 valence electrons. The zero-order chi connectivity index (χ0) is 20.5. The van der Waals surface area contributed by atoms with E-state index in [1.165, 1.54) is 36.1 Å². The van der Waals surface area contributed by atoms with Gasteiger partial charge in [-0.2, -0.15) is 0 Å². The molecule has 0 fully saturated rings. The molecule has 0 unspecified atom stereocenters. The van der Waals surface area contributed by atoms with Crippen molar-refractivity contribution in [3.8, 4) is 0 Å². The molecule has 0 N–H and O–H groups in total. The normalized spacial score (nSPS) is 11.4. The molecule has 7 nitrogen and oxygen atoms in total. The van der Waals surface area contributed by atoms with Crippen molar-refractivity contribution in [3.63, 3.8) is 0 Å². The number of methoxy groups -OCH3 is 1. The van der Waals surface area contributed by atoms with Gasteiger partial charge in [-0.3, -0.25) is 13.7 Å². The summed E-state index contributed by atoms with van der Waals surface area (Å²) in [6.07, 6.45) is 2.18. The number of carbonyl (C=O) groups excluding carboxylic acids is 2. The van der Waals surface area contributed by atoms with Gasteiger partial charge in [-0.15, -0.1) is 0 Å². The van der Waals surface area contributed by atoms with Gasteiger partial charge in [-0.25, -0.2) is 17.6 Å². The fraction of sp³-hybridized carbons (Fsp3) is 0.158. The van der Waals surface area contributed by atoms with E-state index >= 15 is 0 Å². The third-order valence-electron chi connectivity index (χ3n) is 4.19. The molecule has 28 heavy (non-hydrogen) atoms. The molecule has 2 aromatic carbocycles. The standard InChI is InChI=1S/C19H17FN2O5S/c1-27-19(24)14-11-21(16-9-5-3-7-13(14)16)18(23)12-22(28(2,25)26)17-10-6-4-8-15(17)20/h3-11H,12H2,1-2H3. The first-order valence-corrected chi connectivity index (χ1v) is 10.0. The summed E-state index contributed by atoms with van der Waals surface area (Å²) >= 11 is 0. The summed E-state index contributed by atoms with van der Waals surface area (Å²) in [7, 11) is -2.72. The zero-order valence-corrected chi connectivity index (χ0v) is 15.9. The molecular formula is C19H17FN2O5S. The lowest BCUT2D eigenvalue weighted by molar-refractivity contribution is 0.0603. The maximum atomic E-state index is 14.1. The highest BCUT2D eigenvalue weighted by Gasteiger charge is 2.26. The molecule has 0 spiro atoms. The number of esters is 1. The Morgan fingerprint density at radius 2 is 1.75 bits per heavy atom. The van der Waals surface area contributed by atoms with Gasteiger partial charge < -0.3 is 4.74 Å². The molecule has 0 aliphatic rings. The molecular weight excluding hydrogens is 387 g/mol. The van der Waals surface area contributed by atoms with Crippen molar-refractivity contribution in [1.29, 1.82) is 0 Å². The van der Waals surface area contributed by atoms with Crippen molar-refractivity contribution in [1.82, 2.24) is 4.57 Å². The Hall–Kier alpha value is -3.20. The van der Waals surface area contributed by atoms with Crippen LogP contribution in [-0.4, -0.2) is 44.8 Å². The van der Waals surface area contributed by atoms with E-state index in [-0.39, 0.29) is 11.3 Å². The maximum Gasteiger partial charge on any atom is 0.340 e. The summed E-state index contributed by atoms with van der Waals surface area (Å²) in [4.78, 5) is 24.9. The predicted octanol–water partition coefficient (Wildman–Crippen LogP) is 2.67. The average molecular weight is 404 g/mol. The summed E-state index contributed by atoms with van der Waals surface area (Å²) < 4.78 is 45.1. The summed E-state index contributed by atoms with van der Waals surface area (Å²) in [5.41, 5.74) is 0.348. The molecule has 0 amide bonds. The largest absolute Gasteiger partial charge is 0.465 e. The Labute approximate surface area is 161 Å². The van der Waals surface area contributed by atoms with Crippen molar-refractivity contribution >= 4 is 38.5 Å². The van der Waals surface area contributed by atoms with Crippen molar-refractivity contribution in [2.45, 2.75) is 0 Å². The van der Waals surface area contributed by atoms with E-state index in [4.69, 9.17) is 4.74 Å². The maximum absolute atomic E-state index is 14.1. The Morgan fingerprint density at radius 3 is 2.39 bits per heavy atom. The van der Waals surface area contributed by atoms with Gasteiger partial charge in [0.25, 0.3) is 5.91 Å². The van der Waals surface area contributed by atoms with E-state index in [9.17, 15) is 22.4 Å². The first-order valence-electron chi connectivity index (χ1n) is 8.18. The van der Waals surface area contributed by atoms with Gasteiger partial charge in [0.2, 0.25) is 10.0 Å². The lowest BCUT2D eigenvalue weighted by Crippen LogP contribution is -2.37. The monoisotopic (exact) mass is 404 g/mol. The Kier molecular flexibility index (Phi) is 5.19. The molecule has 3 aromatic rings. The minimum atomic E-state index is -3.94.